The van der Waals surface area contributed by atoms with E-state index in [0.717, 1.165) is 5.56 Å². The Balaban J connectivity index is 2.32. The molecule has 144 valence electrons. The van der Waals surface area contributed by atoms with Crippen LogP contribution in [-0.2, 0) is 21.4 Å². The fourth-order valence-corrected chi connectivity index (χ4v) is 3.82. The molecule has 0 saturated heterocycles. The van der Waals surface area contributed by atoms with Crippen LogP contribution in [0.5, 0.6) is 0 Å². The van der Waals surface area contributed by atoms with Gasteiger partial charge in [0, 0.05) is 18.2 Å². The number of rotatable bonds is 8. The Hall–Kier alpha value is -2.71. The molecule has 0 atom stereocenters. The van der Waals surface area contributed by atoms with Gasteiger partial charge in [0.2, 0.25) is 10.0 Å². The van der Waals surface area contributed by atoms with E-state index < -0.39 is 28.4 Å². The van der Waals surface area contributed by atoms with Crippen molar-refractivity contribution in [2.75, 3.05) is 6.54 Å². The molecule has 0 aliphatic carbocycles. The SMILES string of the molecule is CC(C)NS(=O)(=O)c1cccc(C(=O)N(CC(=O)O)Cc2ccccc2)c1. The van der Waals surface area contributed by atoms with Gasteiger partial charge in [0.1, 0.15) is 6.54 Å². The van der Waals surface area contributed by atoms with Crippen molar-refractivity contribution in [1.82, 2.24) is 9.62 Å². The number of amides is 1. The van der Waals surface area contributed by atoms with Crippen molar-refractivity contribution >= 4 is 21.9 Å². The second-order valence-corrected chi connectivity index (χ2v) is 8.06. The van der Waals surface area contributed by atoms with Crippen molar-refractivity contribution in [3.8, 4) is 0 Å². The number of carboxylic acid groups (broad SMARTS) is 1. The number of carbonyl (C=O) groups excluding carboxylic acids is 1. The minimum atomic E-state index is -3.76. The maximum absolute atomic E-state index is 12.8. The molecule has 0 fully saturated rings. The summed E-state index contributed by atoms with van der Waals surface area (Å²) in [7, 11) is -3.76. The van der Waals surface area contributed by atoms with E-state index in [2.05, 4.69) is 4.72 Å². The van der Waals surface area contributed by atoms with E-state index in [0.29, 0.717) is 0 Å². The lowest BCUT2D eigenvalue weighted by molar-refractivity contribution is -0.137. The Kier molecular flexibility index (Phi) is 6.70. The number of nitrogens with one attached hydrogen (secondary N) is 1. The fourth-order valence-electron chi connectivity index (χ4n) is 2.52. The summed E-state index contributed by atoms with van der Waals surface area (Å²) in [6.07, 6.45) is 0. The number of sulfonamides is 1. The Morgan fingerprint density at radius 3 is 2.33 bits per heavy atom. The van der Waals surface area contributed by atoms with Crippen LogP contribution >= 0.6 is 0 Å². The van der Waals surface area contributed by atoms with Gasteiger partial charge in [-0.25, -0.2) is 13.1 Å². The summed E-state index contributed by atoms with van der Waals surface area (Å²) in [6, 6.07) is 14.3. The first-order valence-electron chi connectivity index (χ1n) is 8.36. The van der Waals surface area contributed by atoms with Crippen LogP contribution in [-0.4, -0.2) is 42.9 Å². The normalized spacial score (nSPS) is 11.4. The van der Waals surface area contributed by atoms with E-state index in [1.807, 2.05) is 6.07 Å². The molecule has 27 heavy (non-hydrogen) atoms. The second-order valence-electron chi connectivity index (χ2n) is 6.34. The van der Waals surface area contributed by atoms with Crippen molar-refractivity contribution in [1.29, 1.82) is 0 Å². The zero-order valence-corrected chi connectivity index (χ0v) is 15.9. The lowest BCUT2D eigenvalue weighted by Gasteiger charge is -2.21. The minimum Gasteiger partial charge on any atom is -0.480 e. The summed E-state index contributed by atoms with van der Waals surface area (Å²) in [4.78, 5) is 25.1. The predicted octanol–water partition coefficient (Wildman–Crippen LogP) is 2.10. The van der Waals surface area contributed by atoms with Crippen LogP contribution in [0.2, 0.25) is 0 Å². The summed E-state index contributed by atoms with van der Waals surface area (Å²) in [5.74, 6) is -1.70. The van der Waals surface area contributed by atoms with E-state index >= 15 is 0 Å². The van der Waals surface area contributed by atoms with Gasteiger partial charge in [0.15, 0.2) is 0 Å². The number of hydrogen-bond donors (Lipinski definition) is 2. The molecule has 7 nitrogen and oxygen atoms in total. The van der Waals surface area contributed by atoms with Crippen molar-refractivity contribution in [2.24, 2.45) is 0 Å². The average molecular weight is 390 g/mol. The predicted molar refractivity (Wildman–Crippen MR) is 101 cm³/mol. The highest BCUT2D eigenvalue weighted by Gasteiger charge is 2.22. The molecular weight excluding hydrogens is 368 g/mol. The van der Waals surface area contributed by atoms with Crippen LogP contribution in [0.1, 0.15) is 29.8 Å². The first-order valence-corrected chi connectivity index (χ1v) is 9.85. The van der Waals surface area contributed by atoms with Gasteiger partial charge < -0.3 is 10.0 Å². The van der Waals surface area contributed by atoms with Gasteiger partial charge in [-0.05, 0) is 37.6 Å². The quantitative estimate of drug-likeness (QED) is 0.718. The van der Waals surface area contributed by atoms with Crippen molar-refractivity contribution in [2.45, 2.75) is 31.3 Å². The highest BCUT2D eigenvalue weighted by molar-refractivity contribution is 7.89. The number of benzene rings is 2. The largest absolute Gasteiger partial charge is 0.480 e. The molecule has 0 aliphatic heterocycles. The third-order valence-corrected chi connectivity index (χ3v) is 5.27. The van der Waals surface area contributed by atoms with E-state index in [1.165, 1.54) is 29.2 Å². The monoisotopic (exact) mass is 390 g/mol. The van der Waals surface area contributed by atoms with Gasteiger partial charge in [0.05, 0.1) is 4.90 Å². The second kappa shape index (κ2) is 8.79. The number of hydrogen-bond acceptors (Lipinski definition) is 4. The molecule has 0 unspecified atom stereocenters. The van der Waals surface area contributed by atoms with Crippen LogP contribution < -0.4 is 4.72 Å². The molecule has 0 aromatic heterocycles. The Bertz CT molecular complexity index is 911. The van der Waals surface area contributed by atoms with Crippen LogP contribution in [0.25, 0.3) is 0 Å². The molecule has 2 rings (SSSR count). The smallest absolute Gasteiger partial charge is 0.323 e. The zero-order chi connectivity index (χ0) is 20.0. The van der Waals surface area contributed by atoms with Gasteiger partial charge in [0.25, 0.3) is 5.91 Å². The summed E-state index contributed by atoms with van der Waals surface area (Å²) in [6.45, 7) is 3.00. The van der Waals surface area contributed by atoms with Crippen molar-refractivity contribution in [3.63, 3.8) is 0 Å². The van der Waals surface area contributed by atoms with Gasteiger partial charge >= 0.3 is 5.97 Å². The molecule has 0 spiro atoms. The first-order chi connectivity index (χ1) is 12.7. The maximum atomic E-state index is 12.8. The molecule has 0 aliphatic rings. The third-order valence-electron chi connectivity index (χ3n) is 3.61. The van der Waals surface area contributed by atoms with E-state index in [9.17, 15) is 18.0 Å². The number of carbonyl (C=O) groups is 2. The van der Waals surface area contributed by atoms with E-state index in [-0.39, 0.29) is 23.0 Å². The fraction of sp³-hybridized carbons (Fsp3) is 0.263. The van der Waals surface area contributed by atoms with E-state index in [4.69, 9.17) is 5.11 Å². The van der Waals surface area contributed by atoms with E-state index in [1.54, 1.807) is 38.1 Å². The Morgan fingerprint density at radius 2 is 1.74 bits per heavy atom. The molecule has 0 saturated carbocycles. The molecule has 0 heterocycles. The van der Waals surface area contributed by atoms with Gasteiger partial charge in [-0.2, -0.15) is 0 Å². The molecule has 0 radical (unpaired) electrons. The molecule has 1 amide bonds. The van der Waals surface area contributed by atoms with Gasteiger partial charge in [-0.1, -0.05) is 36.4 Å². The highest BCUT2D eigenvalue weighted by atomic mass is 32.2. The standard InChI is InChI=1S/C19H22N2O5S/c1-14(2)20-27(25,26)17-10-6-9-16(11-17)19(24)21(13-18(22)23)12-15-7-4-3-5-8-15/h3-11,14,20H,12-13H2,1-2H3,(H,22,23). The molecule has 8 heteroatoms. The van der Waals surface area contributed by atoms with Gasteiger partial charge in [-0.15, -0.1) is 0 Å². The maximum Gasteiger partial charge on any atom is 0.323 e. The van der Waals surface area contributed by atoms with Crippen molar-refractivity contribution in [3.05, 3.63) is 65.7 Å². The average Bonchev–Trinajstić information content (AvgIpc) is 2.60. The molecule has 2 aromatic rings. The number of nitrogens with zero attached hydrogens (tertiary/aromatic N) is 1. The summed E-state index contributed by atoms with van der Waals surface area (Å²) in [5.41, 5.74) is 0.885. The Morgan fingerprint density at radius 1 is 1.07 bits per heavy atom. The topological polar surface area (TPSA) is 104 Å². The number of carboxylic acids is 1. The highest BCUT2D eigenvalue weighted by Crippen LogP contribution is 2.15. The van der Waals surface area contributed by atoms with Crippen LogP contribution in [0.15, 0.2) is 59.5 Å². The van der Waals surface area contributed by atoms with Crippen LogP contribution in [0.4, 0.5) is 0 Å². The lowest BCUT2D eigenvalue weighted by Crippen LogP contribution is -2.35. The minimum absolute atomic E-state index is 0.0444. The van der Waals surface area contributed by atoms with Crippen LogP contribution in [0.3, 0.4) is 0 Å². The third kappa shape index (κ3) is 5.90. The summed E-state index contributed by atoms with van der Waals surface area (Å²) < 4.78 is 27.1. The van der Waals surface area contributed by atoms with Gasteiger partial charge in [-0.3, -0.25) is 9.59 Å². The lowest BCUT2D eigenvalue weighted by atomic mass is 10.1. The summed E-state index contributed by atoms with van der Waals surface area (Å²) in [5, 5.41) is 9.14. The van der Waals surface area contributed by atoms with Crippen LogP contribution in [0, 0.1) is 0 Å². The molecular formula is C19H22N2O5S. The van der Waals surface area contributed by atoms with Crippen molar-refractivity contribution < 1.29 is 23.1 Å². The Labute approximate surface area is 158 Å². The molecule has 2 N–H and O–H groups in total. The number of aliphatic carboxylic acids is 1. The molecule has 0 bridgehead atoms. The molecule has 2 aromatic carbocycles. The summed E-state index contributed by atoms with van der Waals surface area (Å²) >= 11 is 0. The first kappa shape index (κ1) is 20.6. The zero-order valence-electron chi connectivity index (χ0n) is 15.1.